The van der Waals surface area contributed by atoms with Crippen molar-refractivity contribution in [2.45, 2.75) is 5.60 Å². The number of rotatable bonds is 5. The van der Waals surface area contributed by atoms with Gasteiger partial charge in [0.05, 0.1) is 5.52 Å². The van der Waals surface area contributed by atoms with Crippen molar-refractivity contribution in [3.8, 4) is 0 Å². The second-order valence-corrected chi connectivity index (χ2v) is 10.1. The highest BCUT2D eigenvalue weighted by molar-refractivity contribution is 6.31. The van der Waals surface area contributed by atoms with Crippen molar-refractivity contribution in [1.29, 1.82) is 0 Å². The molecule has 0 unspecified atom stereocenters. The van der Waals surface area contributed by atoms with E-state index in [2.05, 4.69) is 84.9 Å². The van der Waals surface area contributed by atoms with E-state index in [0.717, 1.165) is 61.0 Å². The third-order valence-electron chi connectivity index (χ3n) is 7.75. The molecule has 1 aliphatic carbocycles. The molecule has 190 valence electrons. The molecular formula is C38H27NO. The van der Waals surface area contributed by atoms with Crippen LogP contribution in [0.1, 0.15) is 27.8 Å². The lowest BCUT2D eigenvalue weighted by Gasteiger charge is -2.32. The Morgan fingerprint density at radius 3 is 1.55 bits per heavy atom. The second kappa shape index (κ2) is 9.92. The third kappa shape index (κ3) is 3.81. The summed E-state index contributed by atoms with van der Waals surface area (Å²) in [4.78, 5) is 4.84. The van der Waals surface area contributed by atoms with Crippen molar-refractivity contribution < 1.29 is 5.11 Å². The van der Waals surface area contributed by atoms with Crippen LogP contribution in [0.4, 0.5) is 0 Å². The van der Waals surface area contributed by atoms with E-state index < -0.39 is 5.60 Å². The van der Waals surface area contributed by atoms with Gasteiger partial charge in [0.15, 0.2) is 0 Å². The van der Waals surface area contributed by atoms with Gasteiger partial charge in [-0.25, -0.2) is 0 Å². The standard InChI is InChI=1S/C38H27NO/c40-38(31-23-11-4-12-24-31)35(29-19-9-3-10-20-29)33(27-15-5-1-6-16-27)34(28-17-7-2-8-18-28)36(38)32-25-13-21-30-22-14-26-39-37(30)32/h1-26,40H/t38-/m1/s1. The summed E-state index contributed by atoms with van der Waals surface area (Å²) in [5.74, 6) is 0. The van der Waals surface area contributed by atoms with Gasteiger partial charge in [0.1, 0.15) is 5.60 Å². The molecule has 0 aliphatic heterocycles. The molecule has 0 saturated carbocycles. The Balaban J connectivity index is 1.72. The molecule has 0 fully saturated rings. The molecule has 5 aromatic carbocycles. The first-order valence-electron chi connectivity index (χ1n) is 13.5. The molecule has 6 aromatic rings. The summed E-state index contributed by atoms with van der Waals surface area (Å²) in [6.07, 6.45) is 1.83. The van der Waals surface area contributed by atoms with E-state index in [9.17, 15) is 5.11 Å². The fourth-order valence-electron chi connectivity index (χ4n) is 6.09. The molecule has 7 rings (SSSR count). The molecule has 2 nitrogen and oxygen atoms in total. The fourth-order valence-corrected chi connectivity index (χ4v) is 6.09. The van der Waals surface area contributed by atoms with Gasteiger partial charge >= 0.3 is 0 Å². The minimum absolute atomic E-state index is 0.816. The van der Waals surface area contributed by atoms with Crippen molar-refractivity contribution >= 4 is 33.2 Å². The first-order chi connectivity index (χ1) is 19.8. The van der Waals surface area contributed by atoms with Crippen molar-refractivity contribution in [3.05, 3.63) is 186 Å². The normalized spacial score (nSPS) is 17.0. The van der Waals surface area contributed by atoms with Gasteiger partial charge in [0.2, 0.25) is 0 Å². The maximum atomic E-state index is 13.5. The van der Waals surface area contributed by atoms with Gasteiger partial charge in [-0.05, 0) is 39.5 Å². The van der Waals surface area contributed by atoms with E-state index in [1.807, 2.05) is 72.9 Å². The summed E-state index contributed by atoms with van der Waals surface area (Å²) in [7, 11) is 0. The molecule has 0 amide bonds. The van der Waals surface area contributed by atoms with Crippen LogP contribution in [0.2, 0.25) is 0 Å². The highest BCUT2D eigenvalue weighted by Gasteiger charge is 2.49. The lowest BCUT2D eigenvalue weighted by molar-refractivity contribution is 0.167. The van der Waals surface area contributed by atoms with Gasteiger partial charge in [0, 0.05) is 28.3 Å². The Morgan fingerprint density at radius 1 is 0.450 bits per heavy atom. The third-order valence-corrected chi connectivity index (χ3v) is 7.75. The van der Waals surface area contributed by atoms with E-state index in [0.29, 0.717) is 0 Å². The molecule has 1 heterocycles. The zero-order chi connectivity index (χ0) is 26.9. The molecule has 1 aliphatic rings. The zero-order valence-electron chi connectivity index (χ0n) is 21.9. The summed E-state index contributed by atoms with van der Waals surface area (Å²) >= 11 is 0. The molecule has 40 heavy (non-hydrogen) atoms. The summed E-state index contributed by atoms with van der Waals surface area (Å²) in [6.45, 7) is 0. The molecule has 2 heteroatoms. The minimum atomic E-state index is -1.45. The molecule has 1 aromatic heterocycles. The topological polar surface area (TPSA) is 33.1 Å². The predicted octanol–water partition coefficient (Wildman–Crippen LogP) is 8.66. The van der Waals surface area contributed by atoms with Crippen LogP contribution in [0, 0.1) is 0 Å². The predicted molar refractivity (Wildman–Crippen MR) is 165 cm³/mol. The number of aromatic nitrogens is 1. The van der Waals surface area contributed by atoms with E-state index in [-0.39, 0.29) is 0 Å². The summed E-state index contributed by atoms with van der Waals surface area (Å²) in [6, 6.07) is 51.4. The number of nitrogens with zero attached hydrogens (tertiary/aromatic N) is 1. The van der Waals surface area contributed by atoms with Crippen LogP contribution >= 0.6 is 0 Å². The van der Waals surface area contributed by atoms with Crippen LogP contribution in [0.15, 0.2) is 158 Å². The van der Waals surface area contributed by atoms with Crippen molar-refractivity contribution in [3.63, 3.8) is 0 Å². The van der Waals surface area contributed by atoms with Crippen LogP contribution in [-0.4, -0.2) is 10.1 Å². The van der Waals surface area contributed by atoms with E-state index >= 15 is 0 Å². The number of hydrogen-bond acceptors (Lipinski definition) is 2. The van der Waals surface area contributed by atoms with Crippen LogP contribution in [0.5, 0.6) is 0 Å². The Morgan fingerprint density at radius 2 is 0.950 bits per heavy atom. The van der Waals surface area contributed by atoms with Gasteiger partial charge in [-0.1, -0.05) is 146 Å². The number of pyridine rings is 1. The highest BCUT2D eigenvalue weighted by atomic mass is 16.3. The first-order valence-corrected chi connectivity index (χ1v) is 13.5. The Hall–Kier alpha value is -5.05. The quantitative estimate of drug-likeness (QED) is 0.250. The average Bonchev–Trinajstić information content (AvgIpc) is 3.32. The monoisotopic (exact) mass is 513 g/mol. The smallest absolute Gasteiger partial charge is 0.143 e. The Kier molecular flexibility index (Phi) is 5.96. The Bertz CT molecular complexity index is 1870. The number of para-hydroxylation sites is 1. The van der Waals surface area contributed by atoms with Crippen molar-refractivity contribution in [1.82, 2.24) is 4.98 Å². The van der Waals surface area contributed by atoms with Gasteiger partial charge in [0.25, 0.3) is 0 Å². The Labute approximate surface area is 234 Å². The van der Waals surface area contributed by atoms with Crippen molar-refractivity contribution in [2.24, 2.45) is 0 Å². The zero-order valence-corrected chi connectivity index (χ0v) is 21.9. The maximum absolute atomic E-state index is 13.5. The first kappa shape index (κ1) is 24.0. The molecule has 0 radical (unpaired) electrons. The number of hydrogen-bond donors (Lipinski definition) is 1. The van der Waals surface area contributed by atoms with Crippen LogP contribution in [0.25, 0.3) is 33.2 Å². The molecule has 1 atom stereocenters. The summed E-state index contributed by atoms with van der Waals surface area (Å²) < 4.78 is 0. The fraction of sp³-hybridized carbons (Fsp3) is 0.0263. The number of aliphatic hydroxyl groups is 1. The number of benzene rings is 5. The maximum Gasteiger partial charge on any atom is 0.143 e. The lowest BCUT2D eigenvalue weighted by Crippen LogP contribution is -2.27. The molecule has 0 spiro atoms. The number of allylic oxidation sites excluding steroid dienone is 2. The molecule has 0 bridgehead atoms. The highest BCUT2D eigenvalue weighted by Crippen LogP contribution is 2.61. The van der Waals surface area contributed by atoms with Crippen LogP contribution < -0.4 is 0 Å². The minimum Gasteiger partial charge on any atom is -0.376 e. The van der Waals surface area contributed by atoms with Gasteiger partial charge in [-0.2, -0.15) is 0 Å². The second-order valence-electron chi connectivity index (χ2n) is 10.1. The lowest BCUT2D eigenvalue weighted by atomic mass is 9.76. The van der Waals surface area contributed by atoms with Crippen LogP contribution in [0.3, 0.4) is 0 Å². The van der Waals surface area contributed by atoms with Crippen molar-refractivity contribution in [2.75, 3.05) is 0 Å². The summed E-state index contributed by atoms with van der Waals surface area (Å²) in [5.41, 5.74) is 7.96. The van der Waals surface area contributed by atoms with E-state index in [1.165, 1.54) is 0 Å². The molecule has 0 saturated heterocycles. The van der Waals surface area contributed by atoms with Gasteiger partial charge in [-0.3, -0.25) is 4.98 Å². The van der Waals surface area contributed by atoms with Gasteiger partial charge in [-0.15, -0.1) is 0 Å². The molecular weight excluding hydrogens is 486 g/mol. The average molecular weight is 514 g/mol. The summed E-state index contributed by atoms with van der Waals surface area (Å²) in [5, 5.41) is 14.5. The van der Waals surface area contributed by atoms with Crippen LogP contribution in [-0.2, 0) is 5.60 Å². The largest absolute Gasteiger partial charge is 0.376 e. The van der Waals surface area contributed by atoms with Gasteiger partial charge < -0.3 is 5.11 Å². The van der Waals surface area contributed by atoms with E-state index in [1.54, 1.807) is 0 Å². The number of fused-ring (bicyclic) bond motifs is 1. The van der Waals surface area contributed by atoms with E-state index in [4.69, 9.17) is 4.98 Å². The SMILES string of the molecule is O[C@]1(c2ccccc2)C(c2ccccc2)=C(c2ccccc2)C(c2ccccc2)=C1c1cccc2cccnc12. The molecule has 1 N–H and O–H groups in total.